The number of anilines is 1. The third-order valence-electron chi connectivity index (χ3n) is 2.65. The number of nitro groups is 1. The molecule has 0 bridgehead atoms. The van der Waals surface area contributed by atoms with Crippen LogP contribution in [0.5, 0.6) is 0 Å². The van der Waals surface area contributed by atoms with Gasteiger partial charge in [-0.05, 0) is 41.1 Å². The van der Waals surface area contributed by atoms with Gasteiger partial charge in [0.1, 0.15) is 4.60 Å². The number of amides is 1. The Balaban J connectivity index is 2.24. The van der Waals surface area contributed by atoms with Gasteiger partial charge in [0.15, 0.2) is 0 Å². The lowest BCUT2D eigenvalue weighted by Gasteiger charge is -2.06. The summed E-state index contributed by atoms with van der Waals surface area (Å²) >= 11 is 3.18. The molecule has 1 heterocycles. The molecule has 0 aliphatic carbocycles. The van der Waals surface area contributed by atoms with E-state index in [1.165, 1.54) is 12.3 Å². The quantitative estimate of drug-likeness (QED) is 0.529. The molecular formula is C13H10BrN3O3. The zero-order valence-corrected chi connectivity index (χ0v) is 12.0. The van der Waals surface area contributed by atoms with Crippen molar-refractivity contribution in [2.75, 3.05) is 5.32 Å². The van der Waals surface area contributed by atoms with Crippen LogP contribution >= 0.6 is 15.9 Å². The van der Waals surface area contributed by atoms with Gasteiger partial charge in [-0.2, -0.15) is 0 Å². The molecule has 0 atom stereocenters. The molecule has 0 aliphatic rings. The molecule has 2 rings (SSSR count). The van der Waals surface area contributed by atoms with Crippen molar-refractivity contribution < 1.29 is 9.72 Å². The number of carbonyl (C=O) groups excluding carboxylic acids is 1. The Morgan fingerprint density at radius 1 is 1.35 bits per heavy atom. The smallest absolute Gasteiger partial charge is 0.274 e. The SMILES string of the molecule is Cc1ccc(NC(=O)c2ccnc(Br)c2)cc1[N+](=O)[O-]. The van der Waals surface area contributed by atoms with Gasteiger partial charge in [0.25, 0.3) is 11.6 Å². The summed E-state index contributed by atoms with van der Waals surface area (Å²) in [6.45, 7) is 1.64. The summed E-state index contributed by atoms with van der Waals surface area (Å²) in [5.74, 6) is -0.355. The molecule has 6 nitrogen and oxygen atoms in total. The van der Waals surface area contributed by atoms with Gasteiger partial charge in [-0.1, -0.05) is 6.07 Å². The number of carbonyl (C=O) groups is 1. The van der Waals surface area contributed by atoms with E-state index in [1.54, 1.807) is 31.2 Å². The maximum absolute atomic E-state index is 12.0. The van der Waals surface area contributed by atoms with Gasteiger partial charge in [-0.15, -0.1) is 0 Å². The topological polar surface area (TPSA) is 85.1 Å². The molecule has 0 saturated carbocycles. The van der Waals surface area contributed by atoms with Crippen LogP contribution in [-0.2, 0) is 0 Å². The average molecular weight is 336 g/mol. The standard InChI is InChI=1S/C13H10BrN3O3/c1-8-2-3-10(7-11(8)17(19)20)16-13(18)9-4-5-15-12(14)6-9/h2-7H,1H3,(H,16,18). The minimum atomic E-state index is -0.478. The van der Waals surface area contributed by atoms with Crippen molar-refractivity contribution in [3.05, 3.63) is 62.4 Å². The van der Waals surface area contributed by atoms with Crippen LogP contribution in [0.25, 0.3) is 0 Å². The number of rotatable bonds is 3. The Morgan fingerprint density at radius 3 is 2.75 bits per heavy atom. The number of nitro benzene ring substituents is 1. The van der Waals surface area contributed by atoms with Crippen LogP contribution in [0.15, 0.2) is 41.1 Å². The van der Waals surface area contributed by atoms with E-state index in [0.29, 0.717) is 21.4 Å². The van der Waals surface area contributed by atoms with Crippen LogP contribution in [0.1, 0.15) is 15.9 Å². The van der Waals surface area contributed by atoms with E-state index < -0.39 is 4.92 Å². The lowest BCUT2D eigenvalue weighted by atomic mass is 10.1. The van der Waals surface area contributed by atoms with Gasteiger partial charge in [0, 0.05) is 29.1 Å². The van der Waals surface area contributed by atoms with Gasteiger partial charge in [0.2, 0.25) is 0 Å². The third kappa shape index (κ3) is 3.18. The van der Waals surface area contributed by atoms with Crippen LogP contribution in [-0.4, -0.2) is 15.8 Å². The van der Waals surface area contributed by atoms with Crippen LogP contribution in [0.2, 0.25) is 0 Å². The highest BCUT2D eigenvalue weighted by Crippen LogP contribution is 2.22. The maximum Gasteiger partial charge on any atom is 0.274 e. The lowest BCUT2D eigenvalue weighted by molar-refractivity contribution is -0.385. The van der Waals surface area contributed by atoms with Crippen molar-refractivity contribution in [2.24, 2.45) is 0 Å². The molecule has 0 radical (unpaired) electrons. The second-order valence-electron chi connectivity index (χ2n) is 4.08. The van der Waals surface area contributed by atoms with Gasteiger partial charge < -0.3 is 5.32 Å². The van der Waals surface area contributed by atoms with Gasteiger partial charge in [-0.25, -0.2) is 4.98 Å². The highest BCUT2D eigenvalue weighted by atomic mass is 79.9. The molecule has 1 aromatic carbocycles. The molecule has 1 amide bonds. The highest BCUT2D eigenvalue weighted by molar-refractivity contribution is 9.10. The fourth-order valence-corrected chi connectivity index (χ4v) is 2.00. The van der Waals surface area contributed by atoms with E-state index in [9.17, 15) is 14.9 Å². The zero-order chi connectivity index (χ0) is 14.7. The van der Waals surface area contributed by atoms with Crippen molar-refractivity contribution in [1.29, 1.82) is 0 Å². The number of pyridine rings is 1. The summed E-state index contributed by atoms with van der Waals surface area (Å²) in [5.41, 5.74) is 1.30. The third-order valence-corrected chi connectivity index (χ3v) is 3.09. The van der Waals surface area contributed by atoms with Crippen molar-refractivity contribution in [3.63, 3.8) is 0 Å². The summed E-state index contributed by atoms with van der Waals surface area (Å²) in [6, 6.07) is 7.68. The number of nitrogens with one attached hydrogen (secondary N) is 1. The Hall–Kier alpha value is -2.28. The monoisotopic (exact) mass is 335 g/mol. The fraction of sp³-hybridized carbons (Fsp3) is 0.0769. The molecule has 102 valence electrons. The van der Waals surface area contributed by atoms with E-state index in [0.717, 1.165) is 0 Å². The van der Waals surface area contributed by atoms with Gasteiger partial charge in [0.05, 0.1) is 4.92 Å². The number of halogens is 1. The number of hydrogen-bond donors (Lipinski definition) is 1. The summed E-state index contributed by atoms with van der Waals surface area (Å²) < 4.78 is 0.542. The first kappa shape index (κ1) is 14.1. The zero-order valence-electron chi connectivity index (χ0n) is 10.5. The fourth-order valence-electron chi connectivity index (χ4n) is 1.63. The van der Waals surface area contributed by atoms with Crippen LogP contribution in [0.3, 0.4) is 0 Å². The van der Waals surface area contributed by atoms with Crippen LogP contribution in [0.4, 0.5) is 11.4 Å². The Kier molecular flexibility index (Phi) is 4.09. The minimum absolute atomic E-state index is 0.0290. The van der Waals surface area contributed by atoms with E-state index in [1.807, 2.05) is 0 Å². The number of benzene rings is 1. The van der Waals surface area contributed by atoms with Crippen LogP contribution < -0.4 is 5.32 Å². The first-order valence-corrected chi connectivity index (χ1v) is 6.44. The number of aromatic nitrogens is 1. The number of aryl methyl sites for hydroxylation is 1. The van der Waals surface area contributed by atoms with Crippen molar-refractivity contribution >= 4 is 33.2 Å². The lowest BCUT2D eigenvalue weighted by Crippen LogP contribution is -2.12. The summed E-state index contributed by atoms with van der Waals surface area (Å²) in [6.07, 6.45) is 1.50. The van der Waals surface area contributed by atoms with Gasteiger partial charge in [-0.3, -0.25) is 14.9 Å². The van der Waals surface area contributed by atoms with E-state index in [4.69, 9.17) is 0 Å². The molecule has 7 heteroatoms. The molecule has 0 spiro atoms. The second kappa shape index (κ2) is 5.79. The van der Waals surface area contributed by atoms with E-state index >= 15 is 0 Å². The average Bonchev–Trinajstić information content (AvgIpc) is 2.40. The first-order chi connectivity index (χ1) is 9.47. The molecule has 20 heavy (non-hydrogen) atoms. The molecule has 0 saturated heterocycles. The van der Waals surface area contributed by atoms with Crippen LogP contribution in [0, 0.1) is 17.0 Å². The summed E-state index contributed by atoms with van der Waals surface area (Å²) in [4.78, 5) is 26.3. The van der Waals surface area contributed by atoms with Gasteiger partial charge >= 0.3 is 0 Å². The Morgan fingerprint density at radius 2 is 2.10 bits per heavy atom. The summed E-state index contributed by atoms with van der Waals surface area (Å²) in [5, 5.41) is 13.5. The normalized spacial score (nSPS) is 10.1. The predicted molar refractivity (Wildman–Crippen MR) is 77.7 cm³/mol. The van der Waals surface area contributed by atoms with Crippen molar-refractivity contribution in [3.8, 4) is 0 Å². The van der Waals surface area contributed by atoms with E-state index in [2.05, 4.69) is 26.2 Å². The molecule has 1 aromatic heterocycles. The Bertz CT molecular complexity index is 688. The molecule has 0 unspecified atom stereocenters. The Labute approximate surface area is 123 Å². The van der Waals surface area contributed by atoms with E-state index in [-0.39, 0.29) is 11.6 Å². The predicted octanol–water partition coefficient (Wildman–Crippen LogP) is 3.31. The molecule has 1 N–H and O–H groups in total. The number of hydrogen-bond acceptors (Lipinski definition) is 4. The largest absolute Gasteiger partial charge is 0.322 e. The molecule has 2 aromatic rings. The number of nitrogens with zero attached hydrogens (tertiary/aromatic N) is 2. The second-order valence-corrected chi connectivity index (χ2v) is 4.89. The molecule has 0 fully saturated rings. The van der Waals surface area contributed by atoms with Crippen molar-refractivity contribution in [2.45, 2.75) is 6.92 Å². The summed E-state index contributed by atoms with van der Waals surface area (Å²) in [7, 11) is 0. The minimum Gasteiger partial charge on any atom is -0.322 e. The molecular weight excluding hydrogens is 326 g/mol. The first-order valence-electron chi connectivity index (χ1n) is 5.65. The molecule has 0 aliphatic heterocycles. The highest BCUT2D eigenvalue weighted by Gasteiger charge is 2.13. The maximum atomic E-state index is 12.0. The van der Waals surface area contributed by atoms with Crippen molar-refractivity contribution in [1.82, 2.24) is 4.98 Å².